The standard InChI is InChI=1S/C18H22FN3O/c1-3-9-22(10-4-2)18(23)14-11-17(13-20-12-14)21-16-7-5-15(19)6-8-16/h5-8,11-13,21H,3-4,9-10H2,1-2H3. The Morgan fingerprint density at radius 3 is 2.35 bits per heavy atom. The number of aromatic nitrogens is 1. The average molecular weight is 315 g/mol. The van der Waals surface area contributed by atoms with Crippen LogP contribution in [0.3, 0.4) is 0 Å². The number of hydrogen-bond donors (Lipinski definition) is 1. The number of anilines is 2. The summed E-state index contributed by atoms with van der Waals surface area (Å²) in [7, 11) is 0. The van der Waals surface area contributed by atoms with Gasteiger partial charge >= 0.3 is 0 Å². The summed E-state index contributed by atoms with van der Waals surface area (Å²) in [4.78, 5) is 18.6. The zero-order valence-electron chi connectivity index (χ0n) is 13.6. The molecule has 1 heterocycles. The highest BCUT2D eigenvalue weighted by atomic mass is 19.1. The number of nitrogens with zero attached hydrogens (tertiary/aromatic N) is 2. The molecule has 1 aromatic carbocycles. The van der Waals surface area contributed by atoms with E-state index in [2.05, 4.69) is 24.1 Å². The summed E-state index contributed by atoms with van der Waals surface area (Å²) in [6.45, 7) is 5.59. The van der Waals surface area contributed by atoms with Crippen molar-refractivity contribution in [1.82, 2.24) is 9.88 Å². The first-order chi connectivity index (χ1) is 11.1. The van der Waals surface area contributed by atoms with Crippen LogP contribution < -0.4 is 5.32 Å². The van der Waals surface area contributed by atoms with E-state index >= 15 is 0 Å². The fourth-order valence-corrected chi connectivity index (χ4v) is 2.36. The molecule has 0 bridgehead atoms. The molecule has 2 aromatic rings. The molecule has 0 unspecified atom stereocenters. The molecule has 0 aliphatic rings. The van der Waals surface area contributed by atoms with E-state index in [1.54, 1.807) is 30.6 Å². The molecular formula is C18H22FN3O. The van der Waals surface area contributed by atoms with Gasteiger partial charge in [0, 0.05) is 25.0 Å². The van der Waals surface area contributed by atoms with Crippen molar-refractivity contribution in [2.24, 2.45) is 0 Å². The molecule has 0 spiro atoms. The lowest BCUT2D eigenvalue weighted by Crippen LogP contribution is -2.32. The first kappa shape index (κ1) is 16.9. The summed E-state index contributed by atoms with van der Waals surface area (Å²) < 4.78 is 12.9. The summed E-state index contributed by atoms with van der Waals surface area (Å²) in [6.07, 6.45) is 5.07. The molecule has 0 saturated heterocycles. The topological polar surface area (TPSA) is 45.2 Å². The molecule has 4 nitrogen and oxygen atoms in total. The van der Waals surface area contributed by atoms with Gasteiger partial charge in [0.25, 0.3) is 5.91 Å². The van der Waals surface area contributed by atoms with Gasteiger partial charge in [-0.3, -0.25) is 9.78 Å². The van der Waals surface area contributed by atoms with Gasteiger partial charge in [0.1, 0.15) is 5.82 Å². The van der Waals surface area contributed by atoms with E-state index in [9.17, 15) is 9.18 Å². The molecule has 2 rings (SSSR count). The van der Waals surface area contributed by atoms with Crippen LogP contribution in [-0.4, -0.2) is 28.9 Å². The van der Waals surface area contributed by atoms with Crippen molar-refractivity contribution in [3.63, 3.8) is 0 Å². The van der Waals surface area contributed by atoms with Crippen LogP contribution in [0, 0.1) is 5.82 Å². The Hall–Kier alpha value is -2.43. The van der Waals surface area contributed by atoms with Gasteiger partial charge in [-0.05, 0) is 43.2 Å². The second kappa shape index (κ2) is 8.27. The van der Waals surface area contributed by atoms with Crippen LogP contribution in [0.2, 0.25) is 0 Å². The monoisotopic (exact) mass is 315 g/mol. The van der Waals surface area contributed by atoms with Crippen LogP contribution in [0.25, 0.3) is 0 Å². The second-order valence-electron chi connectivity index (χ2n) is 5.39. The lowest BCUT2D eigenvalue weighted by atomic mass is 10.2. The maximum absolute atomic E-state index is 12.9. The number of pyridine rings is 1. The van der Waals surface area contributed by atoms with Gasteiger partial charge in [-0.1, -0.05) is 13.8 Å². The fourth-order valence-electron chi connectivity index (χ4n) is 2.36. The first-order valence-electron chi connectivity index (χ1n) is 7.91. The van der Waals surface area contributed by atoms with Gasteiger partial charge in [0.05, 0.1) is 17.4 Å². The molecule has 1 aromatic heterocycles. The van der Waals surface area contributed by atoms with E-state index in [-0.39, 0.29) is 11.7 Å². The normalized spacial score (nSPS) is 10.4. The van der Waals surface area contributed by atoms with E-state index in [4.69, 9.17) is 0 Å². The van der Waals surface area contributed by atoms with Crippen LogP contribution in [0.1, 0.15) is 37.0 Å². The first-order valence-corrected chi connectivity index (χ1v) is 7.91. The maximum atomic E-state index is 12.9. The van der Waals surface area contributed by atoms with Gasteiger partial charge in [-0.2, -0.15) is 0 Å². The summed E-state index contributed by atoms with van der Waals surface area (Å²) in [6, 6.07) is 7.83. The van der Waals surface area contributed by atoms with Crippen LogP contribution in [-0.2, 0) is 0 Å². The van der Waals surface area contributed by atoms with Crippen molar-refractivity contribution in [2.45, 2.75) is 26.7 Å². The molecule has 1 amide bonds. The molecule has 0 atom stereocenters. The van der Waals surface area contributed by atoms with Crippen molar-refractivity contribution < 1.29 is 9.18 Å². The molecule has 0 aliphatic heterocycles. The van der Waals surface area contributed by atoms with Crippen LogP contribution in [0.4, 0.5) is 15.8 Å². The number of nitrogens with one attached hydrogen (secondary N) is 1. The molecule has 0 radical (unpaired) electrons. The number of halogens is 1. The SMILES string of the molecule is CCCN(CCC)C(=O)c1cncc(Nc2ccc(F)cc2)c1. The number of carbonyl (C=O) groups is 1. The number of rotatable bonds is 7. The van der Waals surface area contributed by atoms with Crippen LogP contribution >= 0.6 is 0 Å². The Morgan fingerprint density at radius 2 is 1.74 bits per heavy atom. The summed E-state index contributed by atoms with van der Waals surface area (Å²) >= 11 is 0. The summed E-state index contributed by atoms with van der Waals surface area (Å²) in [5.74, 6) is -0.295. The van der Waals surface area contributed by atoms with Gasteiger partial charge < -0.3 is 10.2 Å². The molecule has 0 saturated carbocycles. The van der Waals surface area contributed by atoms with Gasteiger partial charge in [-0.15, -0.1) is 0 Å². The number of carbonyl (C=O) groups excluding carboxylic acids is 1. The molecule has 1 N–H and O–H groups in total. The second-order valence-corrected chi connectivity index (χ2v) is 5.39. The average Bonchev–Trinajstić information content (AvgIpc) is 2.56. The van der Waals surface area contributed by atoms with Crippen LogP contribution in [0.5, 0.6) is 0 Å². The Bertz CT molecular complexity index is 637. The van der Waals surface area contributed by atoms with Crippen molar-refractivity contribution in [3.8, 4) is 0 Å². The van der Waals surface area contributed by atoms with Crippen LogP contribution in [0.15, 0.2) is 42.7 Å². The third kappa shape index (κ3) is 4.77. The minimum absolute atomic E-state index is 0.0102. The fraction of sp³-hybridized carbons (Fsp3) is 0.333. The number of hydrogen-bond acceptors (Lipinski definition) is 3. The third-order valence-corrected chi connectivity index (χ3v) is 3.39. The minimum atomic E-state index is -0.285. The van der Waals surface area contributed by atoms with E-state index in [1.807, 2.05) is 4.90 Å². The van der Waals surface area contributed by atoms with Gasteiger partial charge in [0.2, 0.25) is 0 Å². The Labute approximate surface area is 136 Å². The van der Waals surface area contributed by atoms with E-state index in [0.29, 0.717) is 11.3 Å². The molecule has 0 fully saturated rings. The third-order valence-electron chi connectivity index (χ3n) is 3.39. The highest BCUT2D eigenvalue weighted by Gasteiger charge is 2.15. The van der Waals surface area contributed by atoms with E-state index in [0.717, 1.165) is 31.6 Å². The lowest BCUT2D eigenvalue weighted by molar-refractivity contribution is 0.0755. The zero-order chi connectivity index (χ0) is 16.7. The van der Waals surface area contributed by atoms with E-state index in [1.165, 1.54) is 12.1 Å². The zero-order valence-corrected chi connectivity index (χ0v) is 13.6. The van der Waals surface area contributed by atoms with Crippen molar-refractivity contribution >= 4 is 17.3 Å². The smallest absolute Gasteiger partial charge is 0.255 e. The number of amides is 1. The summed E-state index contributed by atoms with van der Waals surface area (Å²) in [5, 5.41) is 3.13. The Kier molecular flexibility index (Phi) is 6.09. The lowest BCUT2D eigenvalue weighted by Gasteiger charge is -2.21. The predicted octanol–water partition coefficient (Wildman–Crippen LogP) is 4.23. The largest absolute Gasteiger partial charge is 0.354 e. The Morgan fingerprint density at radius 1 is 1.09 bits per heavy atom. The summed E-state index contributed by atoms with van der Waals surface area (Å²) in [5.41, 5.74) is 2.01. The van der Waals surface area contributed by atoms with Crippen molar-refractivity contribution in [3.05, 3.63) is 54.1 Å². The van der Waals surface area contributed by atoms with Crippen molar-refractivity contribution in [1.29, 1.82) is 0 Å². The van der Waals surface area contributed by atoms with E-state index < -0.39 is 0 Å². The highest BCUT2D eigenvalue weighted by molar-refractivity contribution is 5.94. The quantitative estimate of drug-likeness (QED) is 0.832. The van der Waals surface area contributed by atoms with Crippen molar-refractivity contribution in [2.75, 3.05) is 18.4 Å². The van der Waals surface area contributed by atoms with Gasteiger partial charge in [0.15, 0.2) is 0 Å². The predicted molar refractivity (Wildman–Crippen MR) is 90.4 cm³/mol. The number of benzene rings is 1. The molecular weight excluding hydrogens is 293 g/mol. The minimum Gasteiger partial charge on any atom is -0.354 e. The van der Waals surface area contributed by atoms with Gasteiger partial charge in [-0.25, -0.2) is 4.39 Å². The molecule has 122 valence electrons. The molecule has 5 heteroatoms. The molecule has 0 aliphatic carbocycles. The Balaban J connectivity index is 2.14. The maximum Gasteiger partial charge on any atom is 0.255 e. The molecule has 23 heavy (non-hydrogen) atoms. The highest BCUT2D eigenvalue weighted by Crippen LogP contribution is 2.18.